The summed E-state index contributed by atoms with van der Waals surface area (Å²) in [5, 5.41) is 0. The molecule has 0 saturated heterocycles. The molecule has 0 aromatic carbocycles. The molecule has 0 bridgehead atoms. The summed E-state index contributed by atoms with van der Waals surface area (Å²) in [7, 11) is 1.81. The molecule has 1 aliphatic rings. The second kappa shape index (κ2) is 2.11. The molecule has 10 heavy (non-hydrogen) atoms. The van der Waals surface area contributed by atoms with Crippen molar-refractivity contribution in [1.82, 2.24) is 0 Å². The van der Waals surface area contributed by atoms with Crippen molar-refractivity contribution >= 4 is 19.7 Å². The average Bonchev–Trinajstić information content (AvgIpc) is 2.05. The molecule has 0 aromatic heterocycles. The molecule has 0 heterocycles. The fourth-order valence-electron chi connectivity index (χ4n) is 1.10. The number of rotatable bonds is 2. The minimum Gasteiger partial charge on any atom is -0.212 e. The number of hydrogen-bond donors (Lipinski definition) is 0. The van der Waals surface area contributed by atoms with Crippen LogP contribution in [0, 0.1) is 11.3 Å². The van der Waals surface area contributed by atoms with E-state index in [1.165, 1.54) is 0 Å². The summed E-state index contributed by atoms with van der Waals surface area (Å²) < 4.78 is 21.1. The highest BCUT2D eigenvalue weighted by molar-refractivity contribution is 8.13. The van der Waals surface area contributed by atoms with Crippen LogP contribution in [0.5, 0.6) is 0 Å². The van der Waals surface area contributed by atoms with Gasteiger partial charge in [-0.2, -0.15) is 0 Å². The standard InChI is InChI=1S/C6H11ClO2S/c1-6(2)3-5(6)4-10(7,8)9/h5H,3-4H2,1-2H3. The van der Waals surface area contributed by atoms with E-state index in [1.807, 2.05) is 0 Å². The quantitative estimate of drug-likeness (QED) is 0.608. The second-order valence-electron chi connectivity index (χ2n) is 3.60. The maximum Gasteiger partial charge on any atom is 0.232 e. The predicted molar refractivity (Wildman–Crippen MR) is 41.5 cm³/mol. The van der Waals surface area contributed by atoms with Gasteiger partial charge in [0.1, 0.15) is 0 Å². The van der Waals surface area contributed by atoms with Crippen LogP contribution in [0.15, 0.2) is 0 Å². The van der Waals surface area contributed by atoms with Gasteiger partial charge in [-0.15, -0.1) is 0 Å². The largest absolute Gasteiger partial charge is 0.232 e. The minimum atomic E-state index is -3.26. The van der Waals surface area contributed by atoms with Gasteiger partial charge in [-0.05, 0) is 17.8 Å². The van der Waals surface area contributed by atoms with Gasteiger partial charge in [0.15, 0.2) is 0 Å². The smallest absolute Gasteiger partial charge is 0.212 e. The third kappa shape index (κ3) is 2.13. The van der Waals surface area contributed by atoms with E-state index in [2.05, 4.69) is 13.8 Å². The summed E-state index contributed by atoms with van der Waals surface area (Å²) in [4.78, 5) is 0. The minimum absolute atomic E-state index is 0.140. The van der Waals surface area contributed by atoms with E-state index < -0.39 is 9.05 Å². The van der Waals surface area contributed by atoms with Gasteiger partial charge in [0.25, 0.3) is 0 Å². The molecule has 1 unspecified atom stereocenters. The van der Waals surface area contributed by atoms with Crippen LogP contribution in [0.1, 0.15) is 20.3 Å². The van der Waals surface area contributed by atoms with Gasteiger partial charge in [-0.1, -0.05) is 13.8 Å². The lowest BCUT2D eigenvalue weighted by Crippen LogP contribution is -2.03. The monoisotopic (exact) mass is 182 g/mol. The molecule has 0 spiro atoms. The van der Waals surface area contributed by atoms with Crippen LogP contribution in [-0.2, 0) is 9.05 Å². The SMILES string of the molecule is CC1(C)CC1CS(=O)(=O)Cl. The zero-order valence-corrected chi connectivity index (χ0v) is 7.67. The van der Waals surface area contributed by atoms with E-state index in [9.17, 15) is 8.42 Å². The van der Waals surface area contributed by atoms with Gasteiger partial charge >= 0.3 is 0 Å². The summed E-state index contributed by atoms with van der Waals surface area (Å²) in [6, 6.07) is 0. The third-order valence-corrected chi connectivity index (χ3v) is 3.30. The Hall–Kier alpha value is 0.240. The van der Waals surface area contributed by atoms with Gasteiger partial charge in [-0.25, -0.2) is 8.42 Å². The molecule has 1 saturated carbocycles. The summed E-state index contributed by atoms with van der Waals surface area (Å²) in [5.41, 5.74) is 0.210. The Kier molecular flexibility index (Phi) is 1.76. The van der Waals surface area contributed by atoms with Gasteiger partial charge in [0, 0.05) is 10.7 Å². The fourth-order valence-corrected chi connectivity index (χ4v) is 2.61. The zero-order chi connectivity index (χ0) is 7.99. The summed E-state index contributed by atoms with van der Waals surface area (Å²) in [5.74, 6) is 0.427. The van der Waals surface area contributed by atoms with Crippen LogP contribution in [0.25, 0.3) is 0 Å². The Morgan fingerprint density at radius 3 is 2.10 bits per heavy atom. The van der Waals surface area contributed by atoms with Crippen molar-refractivity contribution < 1.29 is 8.42 Å². The lowest BCUT2D eigenvalue weighted by Gasteiger charge is -1.98. The highest BCUT2D eigenvalue weighted by Gasteiger charge is 2.47. The molecule has 1 aliphatic carbocycles. The molecule has 0 aromatic rings. The molecule has 0 aliphatic heterocycles. The molecule has 1 fully saturated rings. The van der Waals surface area contributed by atoms with Crippen LogP contribution in [-0.4, -0.2) is 14.2 Å². The maximum atomic E-state index is 10.5. The molecule has 2 nitrogen and oxygen atoms in total. The summed E-state index contributed by atoms with van der Waals surface area (Å²) in [6.07, 6.45) is 0.985. The molecular weight excluding hydrogens is 172 g/mol. The molecule has 60 valence electrons. The van der Waals surface area contributed by atoms with Gasteiger partial charge in [0.05, 0.1) is 5.75 Å². The van der Waals surface area contributed by atoms with Crippen molar-refractivity contribution in [2.24, 2.45) is 11.3 Å². The predicted octanol–water partition coefficient (Wildman–Crippen LogP) is 1.60. The fraction of sp³-hybridized carbons (Fsp3) is 1.00. The van der Waals surface area contributed by atoms with E-state index in [-0.39, 0.29) is 17.1 Å². The van der Waals surface area contributed by atoms with Gasteiger partial charge in [0.2, 0.25) is 9.05 Å². The van der Waals surface area contributed by atoms with Crippen molar-refractivity contribution in [2.45, 2.75) is 20.3 Å². The van der Waals surface area contributed by atoms with Crippen molar-refractivity contribution in [3.63, 3.8) is 0 Å². The highest BCUT2D eigenvalue weighted by Crippen LogP contribution is 2.52. The van der Waals surface area contributed by atoms with Crippen molar-refractivity contribution in [3.8, 4) is 0 Å². The summed E-state index contributed by atoms with van der Waals surface area (Å²) in [6.45, 7) is 4.11. The second-order valence-corrected chi connectivity index (χ2v) is 6.42. The Morgan fingerprint density at radius 1 is 1.60 bits per heavy atom. The molecule has 0 N–H and O–H groups in total. The van der Waals surface area contributed by atoms with Crippen molar-refractivity contribution in [2.75, 3.05) is 5.75 Å². The van der Waals surface area contributed by atoms with Gasteiger partial charge in [-0.3, -0.25) is 0 Å². The van der Waals surface area contributed by atoms with E-state index in [4.69, 9.17) is 10.7 Å². The van der Waals surface area contributed by atoms with Crippen LogP contribution >= 0.6 is 10.7 Å². The summed E-state index contributed by atoms with van der Waals surface area (Å²) >= 11 is 0. The van der Waals surface area contributed by atoms with Gasteiger partial charge < -0.3 is 0 Å². The highest BCUT2D eigenvalue weighted by atomic mass is 35.7. The van der Waals surface area contributed by atoms with E-state index in [1.54, 1.807) is 0 Å². The molecule has 0 amide bonds. The number of halogens is 1. The van der Waals surface area contributed by atoms with Crippen LogP contribution < -0.4 is 0 Å². The van der Waals surface area contributed by atoms with Crippen LogP contribution in [0.2, 0.25) is 0 Å². The average molecular weight is 183 g/mol. The van der Waals surface area contributed by atoms with E-state index in [0.29, 0.717) is 0 Å². The Balaban J connectivity index is 2.46. The Morgan fingerprint density at radius 2 is 2.00 bits per heavy atom. The molecule has 1 rings (SSSR count). The van der Waals surface area contributed by atoms with Crippen molar-refractivity contribution in [1.29, 1.82) is 0 Å². The Labute approximate surface area is 66.0 Å². The molecule has 0 radical (unpaired) electrons. The lowest BCUT2D eigenvalue weighted by atomic mass is 10.1. The first-order valence-corrected chi connectivity index (χ1v) is 5.71. The first-order valence-electron chi connectivity index (χ1n) is 3.24. The zero-order valence-electron chi connectivity index (χ0n) is 6.09. The Bertz CT molecular complexity index is 230. The third-order valence-electron chi connectivity index (χ3n) is 2.12. The molecular formula is C6H11ClO2S. The van der Waals surface area contributed by atoms with Crippen LogP contribution in [0.3, 0.4) is 0 Å². The van der Waals surface area contributed by atoms with Crippen LogP contribution in [0.4, 0.5) is 0 Å². The number of hydrogen-bond acceptors (Lipinski definition) is 2. The van der Waals surface area contributed by atoms with E-state index >= 15 is 0 Å². The normalized spacial score (nSPS) is 30.1. The lowest BCUT2D eigenvalue weighted by molar-refractivity contribution is 0.568. The van der Waals surface area contributed by atoms with Crippen molar-refractivity contribution in [3.05, 3.63) is 0 Å². The molecule has 4 heteroatoms. The first kappa shape index (κ1) is 8.34. The first-order chi connectivity index (χ1) is 4.31. The maximum absolute atomic E-state index is 10.5. The van der Waals surface area contributed by atoms with E-state index in [0.717, 1.165) is 6.42 Å². The topological polar surface area (TPSA) is 34.1 Å². The molecule has 1 atom stereocenters.